The van der Waals surface area contributed by atoms with Gasteiger partial charge in [-0.15, -0.1) is 0 Å². The summed E-state index contributed by atoms with van der Waals surface area (Å²) in [6.45, 7) is 2.00. The van der Waals surface area contributed by atoms with Gasteiger partial charge in [-0.25, -0.2) is 13.3 Å². The average Bonchev–Trinajstić information content (AvgIpc) is 3.19. The van der Waals surface area contributed by atoms with Gasteiger partial charge in [0.25, 0.3) is 0 Å². The highest BCUT2D eigenvalue weighted by atomic mass is 32.2. The molecule has 0 spiro atoms. The third-order valence-corrected chi connectivity index (χ3v) is 9.90. The molecule has 2 heterocycles. The van der Waals surface area contributed by atoms with Crippen LogP contribution in [-0.4, -0.2) is 12.0 Å². The van der Waals surface area contributed by atoms with Gasteiger partial charge in [0, 0.05) is 25.8 Å². The minimum atomic E-state index is -4.81. The van der Waals surface area contributed by atoms with E-state index in [9.17, 15) is 18.2 Å². The fraction of sp³-hybridized carbons (Fsp3) is 0.0968. The van der Waals surface area contributed by atoms with Gasteiger partial charge in [-0.2, -0.15) is 0 Å². The molecule has 0 bridgehead atoms. The Hall–Kier alpha value is -3.49. The van der Waals surface area contributed by atoms with Crippen molar-refractivity contribution in [2.45, 2.75) is 32.9 Å². The molecule has 6 rings (SSSR count). The molecule has 1 atom stereocenters. The fourth-order valence-corrected chi connectivity index (χ4v) is 7.92. The molecule has 0 radical (unpaired) electrons. The summed E-state index contributed by atoms with van der Waals surface area (Å²) in [5, 5.41) is 0. The van der Waals surface area contributed by atoms with Crippen LogP contribution in [0.25, 0.3) is 23.7 Å². The summed E-state index contributed by atoms with van der Waals surface area (Å²) in [7, 11) is -3.30. The van der Waals surface area contributed by atoms with Crippen LogP contribution in [0.15, 0.2) is 92.4 Å². The van der Waals surface area contributed by atoms with Gasteiger partial charge in [-0.05, 0) is 71.7 Å². The summed E-state index contributed by atoms with van der Waals surface area (Å²) in [4.78, 5) is 13.8. The number of benzene rings is 4. The van der Waals surface area contributed by atoms with Crippen LogP contribution in [0, 0.1) is 11.6 Å². The molecule has 1 unspecified atom stereocenters. The number of halogens is 2. The summed E-state index contributed by atoms with van der Waals surface area (Å²) < 4.78 is 59.1. The molecular weight excluding hydrogens is 585 g/mol. The predicted molar refractivity (Wildman–Crippen MR) is 158 cm³/mol. The van der Waals surface area contributed by atoms with E-state index in [1.807, 2.05) is 19.1 Å². The number of phosphoric ester groups is 1. The molecule has 0 amide bonds. The SMILES string of the molecule is CCc1cccc2c1Sc1cc(F)ccc1C=C2OP(=O)(O)OC1=Cc2ccc(F)cc2Sc2c(OC)cccc21. The van der Waals surface area contributed by atoms with E-state index >= 15 is 0 Å². The van der Waals surface area contributed by atoms with Crippen LogP contribution >= 0.6 is 31.3 Å². The molecule has 41 heavy (non-hydrogen) atoms. The number of phosphoric acid groups is 1. The molecule has 1 N–H and O–H groups in total. The van der Waals surface area contributed by atoms with Crippen molar-refractivity contribution in [1.29, 1.82) is 0 Å². The molecular formula is C31H23F2O5PS2. The van der Waals surface area contributed by atoms with Crippen molar-refractivity contribution in [3.05, 3.63) is 112 Å². The van der Waals surface area contributed by atoms with Crippen molar-refractivity contribution in [3.8, 4) is 5.75 Å². The normalized spacial score (nSPS) is 15.0. The lowest BCUT2D eigenvalue weighted by Crippen LogP contribution is -1.99. The Balaban J connectivity index is 1.43. The van der Waals surface area contributed by atoms with E-state index in [4.69, 9.17) is 13.8 Å². The molecule has 0 saturated carbocycles. The minimum absolute atomic E-state index is 0.0659. The first-order valence-corrected chi connectivity index (χ1v) is 15.8. The third kappa shape index (κ3) is 5.55. The maximum atomic E-state index is 14.1. The number of methoxy groups -OCH3 is 1. The van der Waals surface area contributed by atoms with Crippen molar-refractivity contribution in [2.24, 2.45) is 0 Å². The standard InChI is InChI=1S/C31H23F2O5PS2/c1-3-18-6-4-7-23-26(14-19-10-12-21(32)16-28(19)40-30(18)23)37-39(34,35)38-27-15-20-11-13-22(33)17-29(20)41-31-24(27)8-5-9-25(31)36-2/h4-17H,3H2,1-2H3,(H,34,35). The van der Waals surface area contributed by atoms with Crippen LogP contribution < -0.4 is 4.74 Å². The monoisotopic (exact) mass is 608 g/mol. The molecule has 0 aromatic heterocycles. The Morgan fingerprint density at radius 3 is 1.88 bits per heavy atom. The van der Waals surface area contributed by atoms with Crippen LogP contribution in [0.2, 0.25) is 0 Å². The van der Waals surface area contributed by atoms with Crippen LogP contribution in [0.1, 0.15) is 34.7 Å². The lowest BCUT2D eigenvalue weighted by Gasteiger charge is -2.20. The lowest BCUT2D eigenvalue weighted by molar-refractivity contribution is 0.264. The van der Waals surface area contributed by atoms with Crippen molar-refractivity contribution in [2.75, 3.05) is 7.11 Å². The van der Waals surface area contributed by atoms with Gasteiger partial charge >= 0.3 is 7.82 Å². The topological polar surface area (TPSA) is 65.0 Å². The molecule has 0 fully saturated rings. The molecule has 5 nitrogen and oxygen atoms in total. The largest absolute Gasteiger partial charge is 0.584 e. The summed E-state index contributed by atoms with van der Waals surface area (Å²) >= 11 is 2.65. The zero-order valence-corrected chi connectivity index (χ0v) is 24.4. The number of rotatable bonds is 6. The van der Waals surface area contributed by atoms with Crippen LogP contribution in [0.4, 0.5) is 8.78 Å². The highest BCUT2D eigenvalue weighted by Crippen LogP contribution is 2.56. The predicted octanol–water partition coefficient (Wildman–Crippen LogP) is 9.29. The van der Waals surface area contributed by atoms with Crippen LogP contribution in [0.3, 0.4) is 0 Å². The zero-order chi connectivity index (χ0) is 28.7. The molecule has 4 aromatic rings. The second kappa shape index (κ2) is 11.1. The Labute approximate surface area is 244 Å². The fourth-order valence-electron chi connectivity index (χ4n) is 4.66. The van der Waals surface area contributed by atoms with E-state index in [0.717, 1.165) is 10.5 Å². The Kier molecular flexibility index (Phi) is 7.47. The first kappa shape index (κ1) is 27.7. The summed E-state index contributed by atoms with van der Waals surface area (Å²) in [5.41, 5.74) is 3.31. The quantitative estimate of drug-likeness (QED) is 0.219. The van der Waals surface area contributed by atoms with Gasteiger partial charge in [0.05, 0.1) is 12.0 Å². The van der Waals surface area contributed by atoms with Crippen molar-refractivity contribution >= 4 is 55.0 Å². The Bertz CT molecular complexity index is 1680. The second-order valence-corrected chi connectivity index (χ2v) is 12.6. The van der Waals surface area contributed by atoms with Crippen molar-refractivity contribution < 1.29 is 32.0 Å². The summed E-state index contributed by atoms with van der Waals surface area (Å²) in [6.07, 6.45) is 3.90. The van der Waals surface area contributed by atoms with Crippen molar-refractivity contribution in [1.82, 2.24) is 0 Å². The van der Waals surface area contributed by atoms with Gasteiger partial charge in [-0.3, -0.25) is 4.89 Å². The summed E-state index contributed by atoms with van der Waals surface area (Å²) in [5.74, 6) is -0.105. The van der Waals surface area contributed by atoms with Gasteiger partial charge in [-0.1, -0.05) is 66.8 Å². The average molecular weight is 609 g/mol. The zero-order valence-electron chi connectivity index (χ0n) is 21.9. The first-order valence-electron chi connectivity index (χ1n) is 12.6. The molecule has 208 valence electrons. The number of hydrogen-bond acceptors (Lipinski definition) is 6. The van der Waals surface area contributed by atoms with E-state index in [-0.39, 0.29) is 17.3 Å². The molecule has 4 aromatic carbocycles. The highest BCUT2D eigenvalue weighted by Gasteiger charge is 2.33. The van der Waals surface area contributed by atoms with E-state index in [1.54, 1.807) is 48.6 Å². The maximum Gasteiger partial charge on any atom is 0.584 e. The lowest BCUT2D eigenvalue weighted by atomic mass is 10.1. The van der Waals surface area contributed by atoms with Gasteiger partial charge in [0.1, 0.15) is 28.9 Å². The van der Waals surface area contributed by atoms with E-state index in [0.29, 0.717) is 49.1 Å². The maximum absolute atomic E-state index is 14.1. The molecule has 0 aliphatic carbocycles. The molecule has 2 aliphatic heterocycles. The van der Waals surface area contributed by atoms with E-state index in [1.165, 1.54) is 54.9 Å². The van der Waals surface area contributed by atoms with E-state index in [2.05, 4.69) is 0 Å². The smallest absolute Gasteiger partial charge is 0.496 e. The van der Waals surface area contributed by atoms with Crippen LogP contribution in [0.5, 0.6) is 5.75 Å². The highest BCUT2D eigenvalue weighted by molar-refractivity contribution is 7.99. The third-order valence-electron chi connectivity index (χ3n) is 6.58. The van der Waals surface area contributed by atoms with Gasteiger partial charge in [0.2, 0.25) is 0 Å². The molecule has 2 aliphatic rings. The Morgan fingerprint density at radius 2 is 1.32 bits per heavy atom. The number of hydrogen-bond donors (Lipinski definition) is 1. The number of ether oxygens (including phenoxy) is 1. The van der Waals surface area contributed by atoms with Crippen molar-refractivity contribution in [3.63, 3.8) is 0 Å². The van der Waals surface area contributed by atoms with Gasteiger partial charge < -0.3 is 13.8 Å². The second-order valence-electron chi connectivity index (χ2n) is 9.22. The summed E-state index contributed by atoms with van der Waals surface area (Å²) in [6, 6.07) is 19.5. The number of fused-ring (bicyclic) bond motifs is 4. The first-order chi connectivity index (χ1) is 19.7. The van der Waals surface area contributed by atoms with Gasteiger partial charge in [0.15, 0.2) is 0 Å². The minimum Gasteiger partial charge on any atom is -0.496 e. The Morgan fingerprint density at radius 1 is 0.780 bits per heavy atom. The number of aryl methyl sites for hydroxylation is 1. The van der Waals surface area contributed by atoms with Crippen LogP contribution in [-0.2, 0) is 20.0 Å². The molecule has 10 heteroatoms. The molecule has 0 saturated heterocycles. The van der Waals surface area contributed by atoms with E-state index < -0.39 is 13.6 Å².